The summed E-state index contributed by atoms with van der Waals surface area (Å²) in [5, 5.41) is 13.5. The Kier molecular flexibility index (Phi) is 4.50. The Morgan fingerprint density at radius 3 is 2.44 bits per heavy atom. The minimum Gasteiger partial charge on any atom is -0.378 e. The summed E-state index contributed by atoms with van der Waals surface area (Å²) in [5.41, 5.74) is -0.480. The first-order valence-corrected chi connectivity index (χ1v) is 6.42. The fourth-order valence-corrected chi connectivity index (χ4v) is 1.43. The number of anilines is 1. The molecule has 0 amide bonds. The maximum absolute atomic E-state index is 13.1. The van der Waals surface area contributed by atoms with Crippen LogP contribution in [0.5, 0.6) is 0 Å². The lowest BCUT2D eigenvalue weighted by atomic mass is 10.2. The third kappa shape index (κ3) is 3.56. The number of halogens is 2. The number of nitro groups is 1. The first-order chi connectivity index (χ1) is 8.26. The molecule has 0 unspecified atom stereocenters. The van der Waals surface area contributed by atoms with E-state index in [0.29, 0.717) is 12.6 Å². The Morgan fingerprint density at radius 2 is 1.94 bits per heavy atom. The van der Waals surface area contributed by atoms with Crippen LogP contribution >= 0.6 is 11.8 Å². The molecular formula is C11H14F2N2O2S. The van der Waals surface area contributed by atoms with Gasteiger partial charge in [-0.05, 0) is 20.1 Å². The van der Waals surface area contributed by atoms with Crippen molar-refractivity contribution in [2.75, 3.05) is 18.1 Å². The molecule has 1 aromatic rings. The van der Waals surface area contributed by atoms with Gasteiger partial charge in [-0.25, -0.2) is 8.78 Å². The van der Waals surface area contributed by atoms with Gasteiger partial charge in [0.05, 0.1) is 11.0 Å². The summed E-state index contributed by atoms with van der Waals surface area (Å²) in [7, 11) is 0. The second-order valence-corrected chi connectivity index (χ2v) is 5.87. The normalized spacial score (nSPS) is 11.4. The lowest BCUT2D eigenvalue weighted by Crippen LogP contribution is -2.26. The summed E-state index contributed by atoms with van der Waals surface area (Å²) in [6, 6.07) is 1.40. The molecule has 0 aromatic heterocycles. The summed E-state index contributed by atoms with van der Waals surface area (Å²) >= 11 is 1.57. The minimum atomic E-state index is -1.23. The molecule has 0 fully saturated rings. The number of hydrogen-bond acceptors (Lipinski definition) is 4. The van der Waals surface area contributed by atoms with E-state index in [9.17, 15) is 18.9 Å². The van der Waals surface area contributed by atoms with E-state index in [-0.39, 0.29) is 10.4 Å². The van der Waals surface area contributed by atoms with Crippen LogP contribution < -0.4 is 5.32 Å². The van der Waals surface area contributed by atoms with Crippen molar-refractivity contribution >= 4 is 23.1 Å². The molecule has 100 valence electrons. The molecular weight excluding hydrogens is 262 g/mol. The van der Waals surface area contributed by atoms with Gasteiger partial charge < -0.3 is 5.32 Å². The van der Waals surface area contributed by atoms with Crippen LogP contribution in [0.1, 0.15) is 13.8 Å². The Balaban J connectivity index is 3.01. The number of thioether (sulfide) groups is 1. The standard InChI is InChI=1S/C11H14F2N2O2S/c1-11(2,18-3)6-14-9-4-7(12)8(13)5-10(9)15(16)17/h4-5,14H,6H2,1-3H3. The van der Waals surface area contributed by atoms with Crippen LogP contribution in [-0.2, 0) is 0 Å². The van der Waals surface area contributed by atoms with Crippen LogP contribution in [0.3, 0.4) is 0 Å². The summed E-state index contributed by atoms with van der Waals surface area (Å²) in [4.78, 5) is 10.0. The third-order valence-corrected chi connectivity index (χ3v) is 3.74. The van der Waals surface area contributed by atoms with Gasteiger partial charge in [0.1, 0.15) is 5.69 Å². The molecule has 7 heteroatoms. The molecule has 0 radical (unpaired) electrons. The molecule has 1 N–H and O–H groups in total. The van der Waals surface area contributed by atoms with Gasteiger partial charge in [0, 0.05) is 17.4 Å². The van der Waals surface area contributed by atoms with E-state index < -0.39 is 22.2 Å². The zero-order valence-electron chi connectivity index (χ0n) is 10.3. The Bertz CT molecular complexity index is 467. The minimum absolute atomic E-state index is 0.0129. The molecule has 0 aliphatic rings. The van der Waals surface area contributed by atoms with Gasteiger partial charge in [-0.15, -0.1) is 0 Å². The van der Waals surface area contributed by atoms with Crippen molar-refractivity contribution in [1.82, 2.24) is 0 Å². The number of nitrogens with one attached hydrogen (secondary N) is 1. The molecule has 1 aromatic carbocycles. The lowest BCUT2D eigenvalue weighted by molar-refractivity contribution is -0.384. The predicted molar refractivity (Wildman–Crippen MR) is 69.1 cm³/mol. The van der Waals surface area contributed by atoms with Crippen LogP contribution in [0.15, 0.2) is 12.1 Å². The van der Waals surface area contributed by atoms with E-state index in [0.717, 1.165) is 6.07 Å². The highest BCUT2D eigenvalue weighted by molar-refractivity contribution is 7.99. The van der Waals surface area contributed by atoms with Crippen molar-refractivity contribution in [2.45, 2.75) is 18.6 Å². The summed E-state index contributed by atoms with van der Waals surface area (Å²) in [6.07, 6.45) is 1.90. The number of rotatable bonds is 5. The zero-order chi connectivity index (χ0) is 13.9. The maximum Gasteiger partial charge on any atom is 0.295 e. The van der Waals surface area contributed by atoms with Gasteiger partial charge in [0.15, 0.2) is 11.6 Å². The van der Waals surface area contributed by atoms with Gasteiger partial charge in [-0.2, -0.15) is 11.8 Å². The molecule has 0 aliphatic carbocycles. The molecule has 1 rings (SSSR count). The highest BCUT2D eigenvalue weighted by Gasteiger charge is 2.21. The summed E-state index contributed by atoms with van der Waals surface area (Å²) in [6.45, 7) is 4.28. The van der Waals surface area contributed by atoms with Crippen LogP contribution in [-0.4, -0.2) is 22.5 Å². The van der Waals surface area contributed by atoms with Crippen molar-refractivity contribution < 1.29 is 13.7 Å². The third-order valence-electron chi connectivity index (χ3n) is 2.49. The van der Waals surface area contributed by atoms with Crippen molar-refractivity contribution in [3.8, 4) is 0 Å². The predicted octanol–water partition coefficient (Wildman–Crippen LogP) is 3.43. The highest BCUT2D eigenvalue weighted by atomic mass is 32.2. The van der Waals surface area contributed by atoms with Crippen LogP contribution in [0.2, 0.25) is 0 Å². The Morgan fingerprint density at radius 1 is 1.39 bits per heavy atom. The second kappa shape index (κ2) is 5.51. The van der Waals surface area contributed by atoms with Crippen LogP contribution in [0.4, 0.5) is 20.2 Å². The molecule has 0 saturated carbocycles. The molecule has 18 heavy (non-hydrogen) atoms. The van der Waals surface area contributed by atoms with E-state index in [1.165, 1.54) is 0 Å². The first-order valence-electron chi connectivity index (χ1n) is 5.19. The number of benzene rings is 1. The number of nitrogens with zero attached hydrogens (tertiary/aromatic N) is 1. The quantitative estimate of drug-likeness (QED) is 0.661. The maximum atomic E-state index is 13.1. The van der Waals surface area contributed by atoms with E-state index in [1.807, 2.05) is 20.1 Å². The summed E-state index contributed by atoms with van der Waals surface area (Å²) in [5.74, 6) is -2.33. The molecule has 0 spiro atoms. The monoisotopic (exact) mass is 276 g/mol. The van der Waals surface area contributed by atoms with Gasteiger partial charge in [0.25, 0.3) is 5.69 Å². The molecule has 0 atom stereocenters. The lowest BCUT2D eigenvalue weighted by Gasteiger charge is -2.22. The topological polar surface area (TPSA) is 55.2 Å². The van der Waals surface area contributed by atoms with Gasteiger partial charge in [0.2, 0.25) is 0 Å². The Labute approximate surface area is 108 Å². The second-order valence-electron chi connectivity index (χ2n) is 4.36. The number of hydrogen-bond donors (Lipinski definition) is 1. The van der Waals surface area contributed by atoms with E-state index in [1.54, 1.807) is 11.8 Å². The fourth-order valence-electron chi connectivity index (χ4n) is 1.21. The number of nitro benzene ring substituents is 1. The van der Waals surface area contributed by atoms with E-state index in [2.05, 4.69) is 5.32 Å². The average Bonchev–Trinajstić information content (AvgIpc) is 2.30. The first kappa shape index (κ1) is 14.7. The van der Waals surface area contributed by atoms with Gasteiger partial charge in [-0.1, -0.05) is 0 Å². The van der Waals surface area contributed by atoms with Gasteiger partial charge >= 0.3 is 0 Å². The molecule has 0 aliphatic heterocycles. The Hall–Kier alpha value is -1.37. The van der Waals surface area contributed by atoms with E-state index in [4.69, 9.17) is 0 Å². The van der Waals surface area contributed by atoms with Crippen LogP contribution in [0, 0.1) is 21.7 Å². The van der Waals surface area contributed by atoms with Crippen molar-refractivity contribution in [3.05, 3.63) is 33.9 Å². The van der Waals surface area contributed by atoms with Crippen molar-refractivity contribution in [3.63, 3.8) is 0 Å². The van der Waals surface area contributed by atoms with Gasteiger partial charge in [-0.3, -0.25) is 10.1 Å². The van der Waals surface area contributed by atoms with Crippen LogP contribution in [0.25, 0.3) is 0 Å². The van der Waals surface area contributed by atoms with Crippen molar-refractivity contribution in [1.29, 1.82) is 0 Å². The van der Waals surface area contributed by atoms with E-state index >= 15 is 0 Å². The van der Waals surface area contributed by atoms with Crippen molar-refractivity contribution in [2.24, 2.45) is 0 Å². The molecule has 0 heterocycles. The SMILES string of the molecule is CSC(C)(C)CNc1cc(F)c(F)cc1[N+](=O)[O-]. The largest absolute Gasteiger partial charge is 0.378 e. The molecule has 0 bridgehead atoms. The molecule has 0 saturated heterocycles. The summed E-state index contributed by atoms with van der Waals surface area (Å²) < 4.78 is 25.9. The fraction of sp³-hybridized carbons (Fsp3) is 0.455. The zero-order valence-corrected chi connectivity index (χ0v) is 11.1. The average molecular weight is 276 g/mol. The smallest absolute Gasteiger partial charge is 0.295 e. The molecule has 4 nitrogen and oxygen atoms in total. The highest BCUT2D eigenvalue weighted by Crippen LogP contribution is 2.29.